The fraction of sp³-hybridized carbons (Fsp3) is 0.0667. The Morgan fingerprint density at radius 3 is 2.26 bits per heavy atom. The molecular formula is C15H15BO3. The first kappa shape index (κ1) is 13.4. The molecule has 0 fully saturated rings. The van der Waals surface area contributed by atoms with Gasteiger partial charge in [0.05, 0.1) is 7.11 Å². The maximum Gasteiger partial charge on any atom is 0.488 e. The molecule has 2 aromatic carbocycles. The number of hydrogen-bond acceptors (Lipinski definition) is 3. The highest BCUT2D eigenvalue weighted by atomic mass is 16.5. The lowest BCUT2D eigenvalue weighted by molar-refractivity contribution is 0.412. The van der Waals surface area contributed by atoms with E-state index in [9.17, 15) is 10.0 Å². The van der Waals surface area contributed by atoms with E-state index in [1.807, 2.05) is 48.6 Å². The standard InChI is InChI=1S/C15H15BO3/c1-19-15-10-13(9-14(11-15)16(17)18)8-7-12-5-3-2-4-6-12/h2-11,17-18H,1H3/b8-7+. The largest absolute Gasteiger partial charge is 0.497 e. The third kappa shape index (κ3) is 3.71. The van der Waals surface area contributed by atoms with Crippen molar-refractivity contribution in [1.29, 1.82) is 0 Å². The van der Waals surface area contributed by atoms with E-state index in [4.69, 9.17) is 4.74 Å². The minimum absolute atomic E-state index is 0.409. The van der Waals surface area contributed by atoms with Crippen LogP contribution in [0.15, 0.2) is 48.5 Å². The van der Waals surface area contributed by atoms with Crippen molar-refractivity contribution in [2.75, 3.05) is 7.11 Å². The number of ether oxygens (including phenoxy) is 1. The van der Waals surface area contributed by atoms with Crippen LogP contribution in [0.4, 0.5) is 0 Å². The van der Waals surface area contributed by atoms with Crippen LogP contribution in [0.25, 0.3) is 12.2 Å². The molecule has 0 radical (unpaired) electrons. The summed E-state index contributed by atoms with van der Waals surface area (Å²) in [7, 11) is 0.0482. The average molecular weight is 254 g/mol. The van der Waals surface area contributed by atoms with Crippen molar-refractivity contribution in [3.05, 3.63) is 59.7 Å². The summed E-state index contributed by atoms with van der Waals surface area (Å²) in [6.45, 7) is 0. The fourth-order valence-corrected chi connectivity index (χ4v) is 1.77. The summed E-state index contributed by atoms with van der Waals surface area (Å²) >= 11 is 0. The van der Waals surface area contributed by atoms with Crippen LogP contribution in [0.3, 0.4) is 0 Å². The van der Waals surface area contributed by atoms with E-state index < -0.39 is 7.12 Å². The predicted octanol–water partition coefficient (Wildman–Crippen LogP) is 1.55. The second kappa shape index (κ2) is 6.23. The molecule has 4 heteroatoms. The van der Waals surface area contributed by atoms with Crippen LogP contribution < -0.4 is 10.2 Å². The second-order valence-electron chi connectivity index (χ2n) is 4.16. The zero-order valence-electron chi connectivity index (χ0n) is 10.7. The van der Waals surface area contributed by atoms with Gasteiger partial charge in [-0.15, -0.1) is 0 Å². The van der Waals surface area contributed by atoms with Gasteiger partial charge in [0.1, 0.15) is 5.75 Å². The van der Waals surface area contributed by atoms with E-state index in [0.29, 0.717) is 11.2 Å². The van der Waals surface area contributed by atoms with E-state index in [0.717, 1.165) is 11.1 Å². The second-order valence-corrected chi connectivity index (χ2v) is 4.16. The van der Waals surface area contributed by atoms with Gasteiger partial charge in [0.2, 0.25) is 0 Å². The molecule has 0 aliphatic heterocycles. The highest BCUT2D eigenvalue weighted by Gasteiger charge is 2.12. The van der Waals surface area contributed by atoms with Crippen molar-refractivity contribution in [3.63, 3.8) is 0 Å². The summed E-state index contributed by atoms with van der Waals surface area (Å²) in [6.07, 6.45) is 3.87. The number of methoxy groups -OCH3 is 1. The van der Waals surface area contributed by atoms with Crippen LogP contribution in [-0.4, -0.2) is 24.3 Å². The van der Waals surface area contributed by atoms with Gasteiger partial charge in [0.15, 0.2) is 0 Å². The van der Waals surface area contributed by atoms with Crippen molar-refractivity contribution in [2.45, 2.75) is 0 Å². The molecule has 0 atom stereocenters. The fourth-order valence-electron chi connectivity index (χ4n) is 1.77. The minimum Gasteiger partial charge on any atom is -0.497 e. The Morgan fingerprint density at radius 1 is 0.947 bits per heavy atom. The van der Waals surface area contributed by atoms with Gasteiger partial charge >= 0.3 is 7.12 Å². The van der Waals surface area contributed by atoms with E-state index in [1.54, 1.807) is 19.2 Å². The molecule has 2 rings (SSSR count). The lowest BCUT2D eigenvalue weighted by Gasteiger charge is -2.06. The third-order valence-corrected chi connectivity index (χ3v) is 2.75. The summed E-state index contributed by atoms with van der Waals surface area (Å²) in [5.74, 6) is 0.596. The van der Waals surface area contributed by atoms with Crippen molar-refractivity contribution >= 4 is 24.7 Å². The Morgan fingerprint density at radius 2 is 1.63 bits per heavy atom. The molecule has 96 valence electrons. The van der Waals surface area contributed by atoms with Crippen molar-refractivity contribution in [3.8, 4) is 5.75 Å². The minimum atomic E-state index is -1.50. The summed E-state index contributed by atoms with van der Waals surface area (Å²) in [5.41, 5.74) is 2.34. The van der Waals surface area contributed by atoms with Crippen LogP contribution in [0.5, 0.6) is 5.75 Å². The topological polar surface area (TPSA) is 49.7 Å². The Kier molecular flexibility index (Phi) is 4.39. The summed E-state index contributed by atoms with van der Waals surface area (Å²) in [6, 6.07) is 15.0. The lowest BCUT2D eigenvalue weighted by Crippen LogP contribution is -2.29. The highest BCUT2D eigenvalue weighted by molar-refractivity contribution is 6.58. The Labute approximate surface area is 112 Å². The smallest absolute Gasteiger partial charge is 0.488 e. The van der Waals surface area contributed by atoms with Crippen LogP contribution in [-0.2, 0) is 0 Å². The van der Waals surface area contributed by atoms with Crippen LogP contribution in [0, 0.1) is 0 Å². The molecule has 19 heavy (non-hydrogen) atoms. The van der Waals surface area contributed by atoms with Crippen molar-refractivity contribution in [2.24, 2.45) is 0 Å². The number of rotatable bonds is 4. The Hall–Kier alpha value is -2.04. The molecule has 0 aliphatic rings. The van der Waals surface area contributed by atoms with Crippen LogP contribution in [0.1, 0.15) is 11.1 Å². The van der Waals surface area contributed by atoms with Gasteiger partial charge in [0.25, 0.3) is 0 Å². The molecule has 0 aliphatic carbocycles. The SMILES string of the molecule is COc1cc(/C=C/c2ccccc2)cc(B(O)O)c1. The molecule has 0 bridgehead atoms. The molecule has 0 saturated carbocycles. The van der Waals surface area contributed by atoms with E-state index in [1.165, 1.54) is 0 Å². The van der Waals surface area contributed by atoms with E-state index in [2.05, 4.69) is 0 Å². The van der Waals surface area contributed by atoms with Crippen LogP contribution >= 0.6 is 0 Å². The van der Waals surface area contributed by atoms with Gasteiger partial charge in [-0.3, -0.25) is 0 Å². The van der Waals surface area contributed by atoms with E-state index >= 15 is 0 Å². The predicted molar refractivity (Wildman–Crippen MR) is 78.2 cm³/mol. The summed E-state index contributed by atoms with van der Waals surface area (Å²) in [5, 5.41) is 18.5. The molecule has 2 aromatic rings. The van der Waals surface area contributed by atoms with Crippen molar-refractivity contribution in [1.82, 2.24) is 0 Å². The summed E-state index contributed by atoms with van der Waals surface area (Å²) < 4.78 is 5.14. The molecule has 0 heterocycles. The summed E-state index contributed by atoms with van der Waals surface area (Å²) in [4.78, 5) is 0. The molecule has 2 N–H and O–H groups in total. The quantitative estimate of drug-likeness (QED) is 0.642. The number of hydrogen-bond donors (Lipinski definition) is 2. The van der Waals surface area contributed by atoms with Gasteiger partial charge in [-0.05, 0) is 28.7 Å². The van der Waals surface area contributed by atoms with Gasteiger partial charge in [0, 0.05) is 0 Å². The molecule has 0 aromatic heterocycles. The lowest BCUT2D eigenvalue weighted by atomic mass is 9.79. The normalized spacial score (nSPS) is 10.7. The molecule has 0 unspecified atom stereocenters. The zero-order valence-corrected chi connectivity index (χ0v) is 10.7. The number of benzene rings is 2. The van der Waals surface area contributed by atoms with Gasteiger partial charge < -0.3 is 14.8 Å². The average Bonchev–Trinajstić information content (AvgIpc) is 2.45. The van der Waals surface area contributed by atoms with Crippen LogP contribution in [0.2, 0.25) is 0 Å². The third-order valence-electron chi connectivity index (χ3n) is 2.75. The molecular weight excluding hydrogens is 239 g/mol. The molecule has 3 nitrogen and oxygen atoms in total. The first-order chi connectivity index (χ1) is 9.19. The maximum atomic E-state index is 9.23. The van der Waals surface area contributed by atoms with E-state index in [-0.39, 0.29) is 0 Å². The van der Waals surface area contributed by atoms with Gasteiger partial charge in [-0.1, -0.05) is 48.6 Å². The Balaban J connectivity index is 2.29. The maximum absolute atomic E-state index is 9.23. The molecule has 0 spiro atoms. The van der Waals surface area contributed by atoms with Gasteiger partial charge in [-0.25, -0.2) is 0 Å². The highest BCUT2D eigenvalue weighted by Crippen LogP contribution is 2.14. The molecule has 0 amide bonds. The first-order valence-corrected chi connectivity index (χ1v) is 5.97. The monoisotopic (exact) mass is 254 g/mol. The molecule has 0 saturated heterocycles. The van der Waals surface area contributed by atoms with Crippen molar-refractivity contribution < 1.29 is 14.8 Å². The Bertz CT molecular complexity index is 565. The van der Waals surface area contributed by atoms with Gasteiger partial charge in [-0.2, -0.15) is 0 Å². The zero-order chi connectivity index (χ0) is 13.7. The first-order valence-electron chi connectivity index (χ1n) is 5.97.